The molecule has 0 fully saturated rings. The quantitative estimate of drug-likeness (QED) is 0.342. The summed E-state index contributed by atoms with van der Waals surface area (Å²) >= 11 is 13.5. The first-order valence-electron chi connectivity index (χ1n) is 8.07. The minimum Gasteiger partial charge on any atom is -0.479 e. The number of rotatable bonds is 9. The van der Waals surface area contributed by atoms with Gasteiger partial charge >= 0.3 is 11.9 Å². The molecule has 1 atom stereocenters. The maximum atomic E-state index is 11.4. The van der Waals surface area contributed by atoms with E-state index in [-0.39, 0.29) is 28.2 Å². The fraction of sp³-hybridized carbons (Fsp3) is 0.294. The standard InChI is InChI=1S/C17H17Cl2N3O5S/c1-3-26-14(23)6-11-8-28-17(21-11)22-20-7-10-4-12(18)15(13(19)5-10)27-9(2)16(24)25/h4-5,7-9H,3,6H2,1-2H3,(H,21,22)(H,24,25). The first kappa shape index (κ1) is 21.9. The van der Waals surface area contributed by atoms with Gasteiger partial charge in [-0.25, -0.2) is 9.78 Å². The second-order valence-electron chi connectivity index (χ2n) is 5.41. The number of hydrazone groups is 1. The minimum absolute atomic E-state index is 0.0897. The van der Waals surface area contributed by atoms with Gasteiger partial charge in [-0.05, 0) is 31.5 Å². The van der Waals surface area contributed by atoms with E-state index in [0.717, 1.165) is 0 Å². The first-order chi connectivity index (χ1) is 13.3. The maximum absolute atomic E-state index is 11.4. The molecule has 2 rings (SSSR count). The normalized spacial score (nSPS) is 12.0. The van der Waals surface area contributed by atoms with Gasteiger partial charge in [0, 0.05) is 5.38 Å². The number of nitrogens with one attached hydrogen (secondary N) is 1. The van der Waals surface area contributed by atoms with Crippen LogP contribution in [0, 0.1) is 0 Å². The summed E-state index contributed by atoms with van der Waals surface area (Å²) in [6.45, 7) is 3.44. The molecule has 8 nitrogen and oxygen atoms in total. The number of hydrogen-bond donors (Lipinski definition) is 2. The van der Waals surface area contributed by atoms with E-state index in [2.05, 4.69) is 15.5 Å². The van der Waals surface area contributed by atoms with Gasteiger partial charge in [0.05, 0.1) is 35.0 Å². The van der Waals surface area contributed by atoms with Gasteiger partial charge in [-0.15, -0.1) is 11.3 Å². The summed E-state index contributed by atoms with van der Waals surface area (Å²) in [6, 6.07) is 3.08. The van der Waals surface area contributed by atoms with E-state index >= 15 is 0 Å². The van der Waals surface area contributed by atoms with E-state index in [1.165, 1.54) is 36.6 Å². The van der Waals surface area contributed by atoms with Crippen LogP contribution in [0.2, 0.25) is 10.0 Å². The third-order valence-electron chi connectivity index (χ3n) is 3.22. The molecule has 0 amide bonds. The van der Waals surface area contributed by atoms with Gasteiger partial charge in [-0.1, -0.05) is 23.2 Å². The molecule has 2 N–H and O–H groups in total. The van der Waals surface area contributed by atoms with Crippen LogP contribution in [-0.2, 0) is 20.7 Å². The van der Waals surface area contributed by atoms with Gasteiger partial charge in [0.2, 0.25) is 5.13 Å². The van der Waals surface area contributed by atoms with Crippen LogP contribution in [-0.4, -0.2) is 41.0 Å². The van der Waals surface area contributed by atoms with Crippen molar-refractivity contribution in [3.05, 3.63) is 38.8 Å². The van der Waals surface area contributed by atoms with Gasteiger partial charge in [-0.2, -0.15) is 5.10 Å². The summed E-state index contributed by atoms with van der Waals surface area (Å²) in [6.07, 6.45) is 0.469. The lowest BCUT2D eigenvalue weighted by Crippen LogP contribution is -2.23. The molecule has 0 saturated heterocycles. The number of nitrogens with zero attached hydrogens (tertiary/aromatic N) is 2. The number of aliphatic carboxylic acids is 1. The van der Waals surface area contributed by atoms with E-state index in [9.17, 15) is 9.59 Å². The van der Waals surface area contributed by atoms with Crippen LogP contribution in [0.4, 0.5) is 5.13 Å². The molecule has 0 bridgehead atoms. The predicted molar refractivity (Wildman–Crippen MR) is 108 cm³/mol. The molecule has 1 aromatic heterocycles. The van der Waals surface area contributed by atoms with Crippen molar-refractivity contribution in [1.82, 2.24) is 4.98 Å². The fourth-order valence-electron chi connectivity index (χ4n) is 1.96. The van der Waals surface area contributed by atoms with Crippen molar-refractivity contribution in [2.45, 2.75) is 26.4 Å². The molecule has 1 aromatic carbocycles. The third kappa shape index (κ3) is 6.36. The Bertz CT molecular complexity index is 864. The summed E-state index contributed by atoms with van der Waals surface area (Å²) in [7, 11) is 0. The Balaban J connectivity index is 2.00. The molecule has 150 valence electrons. The monoisotopic (exact) mass is 445 g/mol. The highest BCUT2D eigenvalue weighted by Crippen LogP contribution is 2.34. The van der Waals surface area contributed by atoms with Crippen LogP contribution in [0.3, 0.4) is 0 Å². The molecule has 0 radical (unpaired) electrons. The van der Waals surface area contributed by atoms with E-state index < -0.39 is 12.1 Å². The fourth-order valence-corrected chi connectivity index (χ4v) is 3.21. The highest BCUT2D eigenvalue weighted by molar-refractivity contribution is 7.13. The largest absolute Gasteiger partial charge is 0.479 e. The molecule has 0 aliphatic rings. The number of ether oxygens (including phenoxy) is 2. The Morgan fingerprint density at radius 1 is 1.39 bits per heavy atom. The van der Waals surface area contributed by atoms with Crippen LogP contribution in [0.15, 0.2) is 22.6 Å². The number of carbonyl (C=O) groups is 2. The lowest BCUT2D eigenvalue weighted by molar-refractivity contribution is -0.144. The van der Waals surface area contributed by atoms with Crippen molar-refractivity contribution >= 4 is 57.8 Å². The minimum atomic E-state index is -1.13. The zero-order chi connectivity index (χ0) is 20.7. The number of thiazole rings is 1. The number of esters is 1. The van der Waals surface area contributed by atoms with E-state index in [1.54, 1.807) is 12.3 Å². The number of carboxylic acid groups (broad SMARTS) is 1. The number of halogens is 2. The summed E-state index contributed by atoms with van der Waals surface area (Å²) in [5.41, 5.74) is 3.90. The van der Waals surface area contributed by atoms with Crippen molar-refractivity contribution in [3.63, 3.8) is 0 Å². The van der Waals surface area contributed by atoms with Crippen molar-refractivity contribution in [3.8, 4) is 5.75 Å². The van der Waals surface area contributed by atoms with Crippen LogP contribution >= 0.6 is 34.5 Å². The number of anilines is 1. The summed E-state index contributed by atoms with van der Waals surface area (Å²) in [5, 5.41) is 15.5. The lowest BCUT2D eigenvalue weighted by Gasteiger charge is -2.13. The Morgan fingerprint density at radius 2 is 2.07 bits per heavy atom. The summed E-state index contributed by atoms with van der Waals surface area (Å²) in [4.78, 5) is 26.6. The summed E-state index contributed by atoms with van der Waals surface area (Å²) < 4.78 is 10.1. The van der Waals surface area contributed by atoms with Crippen molar-refractivity contribution < 1.29 is 24.2 Å². The topological polar surface area (TPSA) is 110 Å². The summed E-state index contributed by atoms with van der Waals surface area (Å²) in [5.74, 6) is -1.38. The van der Waals surface area contributed by atoms with Gasteiger partial charge in [-0.3, -0.25) is 10.2 Å². The number of aromatic nitrogens is 1. The molecule has 2 aromatic rings. The average molecular weight is 446 g/mol. The Hall–Kier alpha value is -2.36. The maximum Gasteiger partial charge on any atom is 0.344 e. The molecule has 11 heteroatoms. The smallest absolute Gasteiger partial charge is 0.344 e. The first-order valence-corrected chi connectivity index (χ1v) is 9.71. The zero-order valence-electron chi connectivity index (χ0n) is 14.9. The number of carbonyl (C=O) groups excluding carboxylic acids is 1. The van der Waals surface area contributed by atoms with Gasteiger partial charge in [0.1, 0.15) is 0 Å². The average Bonchev–Trinajstić information content (AvgIpc) is 3.05. The third-order valence-corrected chi connectivity index (χ3v) is 4.58. The van der Waals surface area contributed by atoms with Crippen LogP contribution in [0.25, 0.3) is 0 Å². The molecule has 28 heavy (non-hydrogen) atoms. The van der Waals surface area contributed by atoms with Gasteiger partial charge < -0.3 is 14.6 Å². The Kier molecular flexibility index (Phi) is 8.04. The Morgan fingerprint density at radius 3 is 2.68 bits per heavy atom. The molecule has 1 unspecified atom stereocenters. The molecular formula is C17H17Cl2N3O5S. The van der Waals surface area contributed by atoms with E-state index in [0.29, 0.717) is 23.0 Å². The SMILES string of the molecule is CCOC(=O)Cc1csc(NN=Cc2cc(Cl)c(OC(C)C(=O)O)c(Cl)c2)n1. The molecule has 0 aliphatic heterocycles. The van der Waals surface area contributed by atoms with E-state index in [4.69, 9.17) is 37.8 Å². The molecule has 0 spiro atoms. The molecule has 1 heterocycles. The van der Waals surface area contributed by atoms with Crippen LogP contribution in [0.5, 0.6) is 5.75 Å². The molecular weight excluding hydrogens is 429 g/mol. The van der Waals surface area contributed by atoms with Crippen molar-refractivity contribution in [2.75, 3.05) is 12.0 Å². The van der Waals surface area contributed by atoms with Crippen molar-refractivity contribution in [2.24, 2.45) is 5.10 Å². The molecule has 0 saturated carbocycles. The molecule has 0 aliphatic carbocycles. The van der Waals surface area contributed by atoms with Crippen molar-refractivity contribution in [1.29, 1.82) is 0 Å². The highest BCUT2D eigenvalue weighted by atomic mass is 35.5. The predicted octanol–water partition coefficient (Wildman–Crippen LogP) is 3.85. The van der Waals surface area contributed by atoms with Gasteiger partial charge in [0.25, 0.3) is 0 Å². The van der Waals surface area contributed by atoms with Crippen LogP contribution in [0.1, 0.15) is 25.1 Å². The second-order valence-corrected chi connectivity index (χ2v) is 7.08. The Labute approximate surface area is 175 Å². The number of hydrogen-bond acceptors (Lipinski definition) is 8. The van der Waals surface area contributed by atoms with Gasteiger partial charge in [0.15, 0.2) is 11.9 Å². The van der Waals surface area contributed by atoms with Crippen LogP contribution < -0.4 is 10.2 Å². The zero-order valence-corrected chi connectivity index (χ0v) is 17.3. The lowest BCUT2D eigenvalue weighted by atomic mass is 10.2. The van der Waals surface area contributed by atoms with E-state index in [1.807, 2.05) is 0 Å². The number of benzene rings is 1. The number of carboxylic acids is 1. The highest BCUT2D eigenvalue weighted by Gasteiger charge is 2.17. The second kappa shape index (κ2) is 10.3.